The number of halogens is 2. The van der Waals surface area contributed by atoms with Crippen molar-refractivity contribution in [2.75, 3.05) is 26.6 Å². The normalized spacial score (nSPS) is 16.6. The van der Waals surface area contributed by atoms with E-state index in [0.717, 1.165) is 27.0 Å². The lowest BCUT2D eigenvalue weighted by molar-refractivity contribution is -0.113. The van der Waals surface area contributed by atoms with Crippen LogP contribution in [-0.4, -0.2) is 22.8 Å². The number of thioether (sulfide) groups is 2. The highest BCUT2D eigenvalue weighted by Crippen LogP contribution is 2.48. The molecule has 4 aromatic rings. The summed E-state index contributed by atoms with van der Waals surface area (Å²) in [5.74, 6) is 0.00420. The summed E-state index contributed by atoms with van der Waals surface area (Å²) in [6.45, 7) is 0. The van der Waals surface area contributed by atoms with Crippen molar-refractivity contribution in [3.63, 3.8) is 0 Å². The van der Waals surface area contributed by atoms with Crippen LogP contribution in [0.15, 0.2) is 130 Å². The van der Waals surface area contributed by atoms with Gasteiger partial charge in [-0.3, -0.25) is 4.79 Å². The van der Waals surface area contributed by atoms with Gasteiger partial charge in [0.1, 0.15) is 0 Å². The van der Waals surface area contributed by atoms with Gasteiger partial charge in [-0.15, -0.1) is 24.0 Å². The van der Waals surface area contributed by atoms with E-state index in [1.165, 1.54) is 21.7 Å². The molecule has 8 heteroatoms. The standard InChI is InChI=1S/C32H26IN3OS2.HI/c1-35-28-13-7-8-14-29(28)39-31(35)19-22-20-32(38-25-17-15-23(16-18-25)34-30(37)21-33)36(24-9-3-2-4-10-24)27-12-6-5-11-26(22)27;/h2-20,31H,21H2,1H3,(H,34,37);1H. The molecule has 1 atom stereocenters. The molecule has 6 rings (SSSR count). The molecule has 0 aromatic heterocycles. The number of benzene rings is 4. The molecule has 1 unspecified atom stereocenters. The molecule has 0 saturated heterocycles. The first-order chi connectivity index (χ1) is 19.1. The Labute approximate surface area is 274 Å². The van der Waals surface area contributed by atoms with Crippen LogP contribution in [0.4, 0.5) is 22.7 Å². The maximum Gasteiger partial charge on any atom is 0.234 e. The number of nitrogens with one attached hydrogen (secondary N) is 1. The van der Waals surface area contributed by atoms with Crippen LogP contribution in [0.3, 0.4) is 0 Å². The van der Waals surface area contributed by atoms with E-state index in [0.29, 0.717) is 4.43 Å². The summed E-state index contributed by atoms with van der Waals surface area (Å²) in [6.07, 6.45) is 4.69. The Morgan fingerprint density at radius 1 is 0.925 bits per heavy atom. The first-order valence-corrected chi connectivity index (χ1v) is 15.8. The van der Waals surface area contributed by atoms with Crippen LogP contribution in [0.25, 0.3) is 5.57 Å². The highest BCUT2D eigenvalue weighted by molar-refractivity contribution is 14.1. The number of rotatable bonds is 6. The number of anilines is 4. The van der Waals surface area contributed by atoms with E-state index in [9.17, 15) is 4.79 Å². The minimum absolute atomic E-state index is 0. The smallest absolute Gasteiger partial charge is 0.234 e. The summed E-state index contributed by atoms with van der Waals surface area (Å²) >= 11 is 5.69. The number of carbonyl (C=O) groups excluding carboxylic acids is 1. The number of hydrogen-bond donors (Lipinski definition) is 1. The lowest BCUT2D eigenvalue weighted by Crippen LogP contribution is -2.24. The summed E-state index contributed by atoms with van der Waals surface area (Å²) in [7, 11) is 2.17. The van der Waals surface area contributed by atoms with Gasteiger partial charge in [0, 0.05) is 33.8 Å². The predicted octanol–water partition coefficient (Wildman–Crippen LogP) is 9.42. The number of amides is 1. The Morgan fingerprint density at radius 2 is 1.60 bits per heavy atom. The van der Waals surface area contributed by atoms with Crippen molar-refractivity contribution >= 4 is 104 Å². The summed E-state index contributed by atoms with van der Waals surface area (Å²) in [6, 6.07) is 35.8. The number of hydrogen-bond acceptors (Lipinski definition) is 5. The molecule has 1 amide bonds. The Balaban J connectivity index is 0.00000323. The number of allylic oxidation sites excluding steroid dienone is 2. The second-order valence-corrected chi connectivity index (χ2v) is 12.2. The molecular formula is C32H27I2N3OS2. The van der Waals surface area contributed by atoms with Gasteiger partial charge in [-0.25, -0.2) is 0 Å². The topological polar surface area (TPSA) is 35.6 Å². The van der Waals surface area contributed by atoms with Gasteiger partial charge in [-0.2, -0.15) is 0 Å². The zero-order valence-electron chi connectivity index (χ0n) is 21.7. The Morgan fingerprint density at radius 3 is 2.33 bits per heavy atom. The van der Waals surface area contributed by atoms with Crippen LogP contribution in [0.2, 0.25) is 0 Å². The van der Waals surface area contributed by atoms with E-state index in [1.54, 1.807) is 11.8 Å². The Hall–Kier alpha value is -2.41. The van der Waals surface area contributed by atoms with Crippen LogP contribution < -0.4 is 15.1 Å². The first-order valence-electron chi connectivity index (χ1n) is 12.6. The molecule has 0 spiro atoms. The van der Waals surface area contributed by atoms with Crippen molar-refractivity contribution in [3.05, 3.63) is 126 Å². The maximum atomic E-state index is 11.8. The highest BCUT2D eigenvalue weighted by atomic mass is 127. The fourth-order valence-corrected chi connectivity index (χ4v) is 7.20. The van der Waals surface area contributed by atoms with Crippen LogP contribution >= 0.6 is 70.1 Å². The third-order valence-electron chi connectivity index (χ3n) is 6.65. The molecule has 0 aliphatic carbocycles. The second-order valence-electron chi connectivity index (χ2n) is 9.19. The summed E-state index contributed by atoms with van der Waals surface area (Å²) < 4.78 is 0.432. The zero-order valence-corrected chi connectivity index (χ0v) is 27.8. The minimum Gasteiger partial charge on any atom is -0.358 e. The summed E-state index contributed by atoms with van der Waals surface area (Å²) in [5, 5.41) is 4.26. The number of carbonyl (C=O) groups is 1. The van der Waals surface area contributed by atoms with Gasteiger partial charge < -0.3 is 15.1 Å². The fourth-order valence-electron chi connectivity index (χ4n) is 4.78. The molecule has 1 N–H and O–H groups in total. The largest absolute Gasteiger partial charge is 0.358 e. The van der Waals surface area contributed by atoms with Gasteiger partial charge in [-0.05, 0) is 72.3 Å². The fraction of sp³-hybridized carbons (Fsp3) is 0.0938. The molecule has 0 saturated carbocycles. The van der Waals surface area contributed by atoms with Crippen LogP contribution in [0.5, 0.6) is 0 Å². The van der Waals surface area contributed by atoms with E-state index < -0.39 is 0 Å². The van der Waals surface area contributed by atoms with Gasteiger partial charge in [0.2, 0.25) is 5.91 Å². The van der Waals surface area contributed by atoms with E-state index in [1.807, 2.05) is 23.9 Å². The monoisotopic (exact) mass is 787 g/mol. The molecule has 4 aromatic carbocycles. The molecule has 2 aliphatic rings. The quantitative estimate of drug-likeness (QED) is 0.156. The van der Waals surface area contributed by atoms with Crippen molar-refractivity contribution in [2.24, 2.45) is 0 Å². The highest BCUT2D eigenvalue weighted by Gasteiger charge is 2.29. The SMILES string of the molecule is CN1c2ccccc2SC1C=C1C=C(Sc2ccc(NC(=O)CI)cc2)N(c2ccccc2)c2ccccc21.I. The van der Waals surface area contributed by atoms with E-state index >= 15 is 0 Å². The molecule has 0 fully saturated rings. The third kappa shape index (κ3) is 6.09. The predicted molar refractivity (Wildman–Crippen MR) is 191 cm³/mol. The maximum absolute atomic E-state index is 11.8. The minimum atomic E-state index is 0. The van der Waals surface area contributed by atoms with Crippen LogP contribution in [0.1, 0.15) is 5.56 Å². The molecule has 0 bridgehead atoms. The van der Waals surface area contributed by atoms with Gasteiger partial charge in [-0.1, -0.05) is 94.6 Å². The van der Waals surface area contributed by atoms with Crippen molar-refractivity contribution in [1.82, 2.24) is 0 Å². The van der Waals surface area contributed by atoms with Crippen molar-refractivity contribution < 1.29 is 4.79 Å². The first kappa shape index (κ1) is 29.1. The Bertz CT molecular complexity index is 1570. The third-order valence-corrected chi connectivity index (χ3v) is 9.65. The van der Waals surface area contributed by atoms with E-state index in [2.05, 4.69) is 148 Å². The van der Waals surface area contributed by atoms with Gasteiger partial charge in [0.25, 0.3) is 0 Å². The average molecular weight is 788 g/mol. The summed E-state index contributed by atoms with van der Waals surface area (Å²) in [4.78, 5) is 18.9. The molecular weight excluding hydrogens is 760 g/mol. The molecule has 0 radical (unpaired) electrons. The van der Waals surface area contributed by atoms with Crippen molar-refractivity contribution in [3.8, 4) is 0 Å². The molecule has 2 heterocycles. The summed E-state index contributed by atoms with van der Waals surface area (Å²) in [5.41, 5.74) is 6.79. The number of para-hydroxylation sites is 3. The average Bonchev–Trinajstić information content (AvgIpc) is 3.29. The number of likely N-dealkylation sites (N-methyl/N-ethyl adjacent to an activating group) is 1. The van der Waals surface area contributed by atoms with Crippen LogP contribution in [0, 0.1) is 0 Å². The van der Waals surface area contributed by atoms with Crippen molar-refractivity contribution in [1.29, 1.82) is 0 Å². The van der Waals surface area contributed by atoms with Crippen LogP contribution in [-0.2, 0) is 4.79 Å². The molecule has 202 valence electrons. The lowest BCUT2D eigenvalue weighted by atomic mass is 9.98. The van der Waals surface area contributed by atoms with E-state index in [-0.39, 0.29) is 35.3 Å². The van der Waals surface area contributed by atoms with E-state index in [4.69, 9.17) is 0 Å². The van der Waals surface area contributed by atoms with Gasteiger partial charge >= 0.3 is 0 Å². The van der Waals surface area contributed by atoms with Gasteiger partial charge in [0.05, 0.1) is 26.2 Å². The molecule has 40 heavy (non-hydrogen) atoms. The number of fused-ring (bicyclic) bond motifs is 2. The zero-order chi connectivity index (χ0) is 26.8. The lowest BCUT2D eigenvalue weighted by Gasteiger charge is -2.33. The second kappa shape index (κ2) is 13.1. The Kier molecular flexibility index (Phi) is 9.49. The molecule has 4 nitrogen and oxygen atoms in total. The number of nitrogens with zero attached hydrogens (tertiary/aromatic N) is 2. The number of alkyl halides is 1. The molecule has 2 aliphatic heterocycles. The van der Waals surface area contributed by atoms with Gasteiger partial charge in [0.15, 0.2) is 0 Å². The van der Waals surface area contributed by atoms with Crippen molar-refractivity contribution in [2.45, 2.75) is 15.2 Å².